The van der Waals surface area contributed by atoms with Crippen molar-refractivity contribution in [2.24, 2.45) is 11.8 Å². The second-order valence-corrected chi connectivity index (χ2v) is 9.72. The Hall–Kier alpha value is -2.58. The van der Waals surface area contributed by atoms with Gasteiger partial charge in [0.05, 0.1) is 24.2 Å². The highest BCUT2D eigenvalue weighted by Gasteiger charge is 2.25. The zero-order chi connectivity index (χ0) is 24.1. The van der Waals surface area contributed by atoms with Crippen LogP contribution in [0.25, 0.3) is 5.69 Å². The summed E-state index contributed by atoms with van der Waals surface area (Å²) in [7, 11) is 0. The number of ether oxygens (including phenoxy) is 2. The lowest BCUT2D eigenvalue weighted by Crippen LogP contribution is -2.43. The SMILES string of the molecule is CC(C)C(=O)N1CCC(Oc2ccc(-n3ncc(NC[C@@H]4CCCOC4)c(Cl)c3=O)cc2)CC1. The Morgan fingerprint density at radius 2 is 1.97 bits per heavy atom. The van der Waals surface area contributed by atoms with Gasteiger partial charge < -0.3 is 19.7 Å². The van der Waals surface area contributed by atoms with E-state index < -0.39 is 0 Å². The number of rotatable bonds is 7. The van der Waals surface area contributed by atoms with Crippen LogP contribution in [0.3, 0.4) is 0 Å². The number of nitrogens with zero attached hydrogens (tertiary/aromatic N) is 3. The van der Waals surface area contributed by atoms with Crippen LogP contribution in [0.2, 0.25) is 5.02 Å². The van der Waals surface area contributed by atoms with E-state index >= 15 is 0 Å². The molecule has 0 bridgehead atoms. The second kappa shape index (κ2) is 11.2. The number of piperidine rings is 1. The van der Waals surface area contributed by atoms with Crippen LogP contribution in [0, 0.1) is 11.8 Å². The highest BCUT2D eigenvalue weighted by atomic mass is 35.5. The number of hydrogen-bond donors (Lipinski definition) is 1. The van der Waals surface area contributed by atoms with Gasteiger partial charge in [-0.05, 0) is 43.0 Å². The third-order valence-electron chi connectivity index (χ3n) is 6.39. The molecule has 0 aliphatic carbocycles. The summed E-state index contributed by atoms with van der Waals surface area (Å²) in [6, 6.07) is 7.25. The van der Waals surface area contributed by atoms with Gasteiger partial charge in [-0.15, -0.1) is 0 Å². The van der Waals surface area contributed by atoms with Gasteiger partial charge in [0, 0.05) is 45.0 Å². The van der Waals surface area contributed by atoms with Crippen LogP contribution in [0.15, 0.2) is 35.3 Å². The van der Waals surface area contributed by atoms with Gasteiger partial charge in [-0.3, -0.25) is 9.59 Å². The molecule has 1 amide bonds. The number of hydrogen-bond acceptors (Lipinski definition) is 6. The average Bonchev–Trinajstić information content (AvgIpc) is 2.86. The smallest absolute Gasteiger partial charge is 0.292 e. The second-order valence-electron chi connectivity index (χ2n) is 9.34. The first kappa shape index (κ1) is 24.5. The fourth-order valence-electron chi connectivity index (χ4n) is 4.38. The lowest BCUT2D eigenvalue weighted by Gasteiger charge is -2.33. The van der Waals surface area contributed by atoms with Crippen molar-refractivity contribution < 1.29 is 14.3 Å². The van der Waals surface area contributed by atoms with Gasteiger partial charge in [0.2, 0.25) is 5.91 Å². The topological polar surface area (TPSA) is 85.7 Å². The molecule has 184 valence electrons. The third kappa shape index (κ3) is 5.91. The van der Waals surface area contributed by atoms with Gasteiger partial charge in [0.15, 0.2) is 0 Å². The van der Waals surface area contributed by atoms with Crippen LogP contribution in [0.1, 0.15) is 39.5 Å². The summed E-state index contributed by atoms with van der Waals surface area (Å²) in [5.41, 5.74) is 0.780. The first-order valence-electron chi connectivity index (χ1n) is 12.1. The number of anilines is 1. The summed E-state index contributed by atoms with van der Waals surface area (Å²) in [5, 5.41) is 7.67. The Bertz CT molecular complexity index is 1030. The minimum atomic E-state index is -0.373. The lowest BCUT2D eigenvalue weighted by molar-refractivity contribution is -0.136. The van der Waals surface area contributed by atoms with Crippen molar-refractivity contribution in [2.75, 3.05) is 38.2 Å². The average molecular weight is 489 g/mol. The number of nitrogens with one attached hydrogen (secondary N) is 1. The molecule has 0 unspecified atom stereocenters. The number of carbonyl (C=O) groups is 1. The predicted octanol–water partition coefficient (Wildman–Crippen LogP) is 3.75. The number of halogens is 1. The minimum absolute atomic E-state index is 0.0202. The molecule has 0 saturated carbocycles. The van der Waals surface area contributed by atoms with Crippen molar-refractivity contribution in [2.45, 2.75) is 45.6 Å². The van der Waals surface area contributed by atoms with Gasteiger partial charge in [0.25, 0.3) is 5.56 Å². The number of benzene rings is 1. The molecule has 2 saturated heterocycles. The number of carbonyl (C=O) groups excluding carboxylic acids is 1. The van der Waals surface area contributed by atoms with E-state index in [1.54, 1.807) is 18.3 Å². The Labute approximate surface area is 205 Å². The van der Waals surface area contributed by atoms with Crippen LogP contribution in [-0.4, -0.2) is 59.5 Å². The molecular formula is C25H33ClN4O4. The van der Waals surface area contributed by atoms with E-state index in [4.69, 9.17) is 21.1 Å². The van der Waals surface area contributed by atoms with Gasteiger partial charge in [-0.25, -0.2) is 0 Å². The van der Waals surface area contributed by atoms with Crippen molar-refractivity contribution in [3.63, 3.8) is 0 Å². The first-order chi connectivity index (χ1) is 16.4. The Kier molecular flexibility index (Phi) is 8.11. The molecule has 0 radical (unpaired) electrons. The molecule has 34 heavy (non-hydrogen) atoms. The summed E-state index contributed by atoms with van der Waals surface area (Å²) in [6.07, 6.45) is 5.41. The van der Waals surface area contributed by atoms with E-state index in [9.17, 15) is 9.59 Å². The molecule has 0 spiro atoms. The predicted molar refractivity (Wildman–Crippen MR) is 132 cm³/mol. The molecule has 2 aromatic rings. The van der Waals surface area contributed by atoms with Gasteiger partial charge in [-0.1, -0.05) is 25.4 Å². The molecule has 3 heterocycles. The summed E-state index contributed by atoms with van der Waals surface area (Å²) >= 11 is 6.36. The van der Waals surface area contributed by atoms with E-state index in [0.717, 1.165) is 44.6 Å². The fourth-order valence-corrected chi connectivity index (χ4v) is 4.58. The van der Waals surface area contributed by atoms with E-state index in [2.05, 4.69) is 10.4 Å². The fraction of sp³-hybridized carbons (Fsp3) is 0.560. The molecule has 4 rings (SSSR count). The van der Waals surface area contributed by atoms with Crippen LogP contribution in [0.4, 0.5) is 5.69 Å². The van der Waals surface area contributed by atoms with Gasteiger partial charge in [-0.2, -0.15) is 9.78 Å². The van der Waals surface area contributed by atoms with Crippen molar-refractivity contribution >= 4 is 23.2 Å². The molecule has 2 aliphatic heterocycles. The Morgan fingerprint density at radius 3 is 2.62 bits per heavy atom. The normalized spacial score (nSPS) is 19.3. The van der Waals surface area contributed by atoms with E-state index in [0.29, 0.717) is 36.9 Å². The summed E-state index contributed by atoms with van der Waals surface area (Å²) in [6.45, 7) is 7.52. The monoisotopic (exact) mass is 488 g/mol. The molecular weight excluding hydrogens is 456 g/mol. The van der Waals surface area contributed by atoms with Crippen molar-refractivity contribution in [3.05, 3.63) is 45.8 Å². The number of likely N-dealkylation sites (tertiary alicyclic amines) is 1. The summed E-state index contributed by atoms with van der Waals surface area (Å²) in [4.78, 5) is 26.9. The summed E-state index contributed by atoms with van der Waals surface area (Å²) in [5.74, 6) is 1.35. The quantitative estimate of drug-likeness (QED) is 0.638. The van der Waals surface area contributed by atoms with Crippen LogP contribution < -0.4 is 15.6 Å². The van der Waals surface area contributed by atoms with Crippen molar-refractivity contribution in [1.29, 1.82) is 0 Å². The van der Waals surface area contributed by atoms with Crippen LogP contribution in [0.5, 0.6) is 5.75 Å². The van der Waals surface area contributed by atoms with E-state index in [1.165, 1.54) is 4.68 Å². The van der Waals surface area contributed by atoms with Crippen LogP contribution in [-0.2, 0) is 9.53 Å². The van der Waals surface area contributed by atoms with Gasteiger partial charge >= 0.3 is 0 Å². The minimum Gasteiger partial charge on any atom is -0.490 e. The molecule has 9 heteroatoms. The maximum atomic E-state index is 12.8. The Morgan fingerprint density at radius 1 is 1.24 bits per heavy atom. The molecule has 1 aromatic heterocycles. The highest BCUT2D eigenvalue weighted by Crippen LogP contribution is 2.23. The number of amides is 1. The van der Waals surface area contributed by atoms with Crippen molar-refractivity contribution in [1.82, 2.24) is 14.7 Å². The van der Waals surface area contributed by atoms with Gasteiger partial charge in [0.1, 0.15) is 16.9 Å². The molecule has 2 fully saturated rings. The standard InChI is InChI=1S/C25H33ClN4O4/c1-17(2)24(31)29-11-9-21(10-12-29)34-20-7-5-19(6-8-20)30-25(32)23(26)22(15-28-30)27-14-18-4-3-13-33-16-18/h5-8,15,17-18,21,27H,3-4,9-14,16H2,1-2H3/t18-/m0/s1. The number of aromatic nitrogens is 2. The van der Waals surface area contributed by atoms with E-state index in [-0.39, 0.29) is 28.5 Å². The lowest BCUT2D eigenvalue weighted by atomic mass is 10.0. The molecule has 1 atom stereocenters. The zero-order valence-electron chi connectivity index (χ0n) is 19.8. The molecule has 2 aliphatic rings. The molecule has 1 aromatic carbocycles. The van der Waals surface area contributed by atoms with E-state index in [1.807, 2.05) is 30.9 Å². The van der Waals surface area contributed by atoms with Crippen molar-refractivity contribution in [3.8, 4) is 11.4 Å². The largest absolute Gasteiger partial charge is 0.490 e. The zero-order valence-corrected chi connectivity index (χ0v) is 20.6. The maximum absolute atomic E-state index is 12.8. The first-order valence-corrected chi connectivity index (χ1v) is 12.5. The Balaban J connectivity index is 1.35. The summed E-state index contributed by atoms with van der Waals surface area (Å²) < 4.78 is 12.9. The molecule has 8 nitrogen and oxygen atoms in total. The maximum Gasteiger partial charge on any atom is 0.292 e. The molecule has 1 N–H and O–H groups in total. The highest BCUT2D eigenvalue weighted by molar-refractivity contribution is 6.32. The third-order valence-corrected chi connectivity index (χ3v) is 6.75. The van der Waals surface area contributed by atoms with Crippen LogP contribution >= 0.6 is 11.6 Å².